The van der Waals surface area contributed by atoms with E-state index in [9.17, 15) is 40.5 Å². The number of carbonyl (C=O) groups is 1. The summed E-state index contributed by atoms with van der Waals surface area (Å²) in [5.41, 5.74) is 0. The number of carbonyl (C=O) groups excluding carboxylic acids is 1. The summed E-state index contributed by atoms with van der Waals surface area (Å²) in [6.07, 6.45) is 46.8. The lowest BCUT2D eigenvalue weighted by atomic mass is 9.98. The topological polar surface area (TPSA) is 189 Å². The Kier molecular flexibility index (Phi) is 46.2. The predicted octanol–water partition coefficient (Wildman–Crippen LogP) is 12.5. The van der Waals surface area contributed by atoms with Crippen LogP contribution in [0.25, 0.3) is 0 Å². The van der Waals surface area contributed by atoms with Crippen LogP contribution in [-0.2, 0) is 14.3 Å². The molecule has 9 unspecified atom stereocenters. The van der Waals surface area contributed by atoms with Crippen LogP contribution >= 0.6 is 0 Å². The van der Waals surface area contributed by atoms with Crippen molar-refractivity contribution in [2.24, 2.45) is 0 Å². The summed E-state index contributed by atoms with van der Waals surface area (Å²) in [4.78, 5) is 13.1. The van der Waals surface area contributed by atoms with Crippen LogP contribution in [0, 0.1) is 0 Å². The summed E-state index contributed by atoms with van der Waals surface area (Å²) < 4.78 is 11.1. The van der Waals surface area contributed by atoms with Crippen molar-refractivity contribution in [3.8, 4) is 0 Å². The monoisotopic (exact) mass is 996 g/mol. The van der Waals surface area contributed by atoms with Crippen LogP contribution in [0.5, 0.6) is 0 Å². The minimum atomic E-state index is -1.67. The first kappa shape index (κ1) is 66.6. The van der Waals surface area contributed by atoms with Crippen molar-refractivity contribution in [3.63, 3.8) is 0 Å². The number of hydrogen-bond donors (Lipinski definition) is 8. The van der Waals surface area contributed by atoms with Crippen LogP contribution in [0.2, 0.25) is 0 Å². The molecule has 1 aliphatic heterocycles. The van der Waals surface area contributed by atoms with Gasteiger partial charge in [0.05, 0.1) is 25.4 Å². The number of amides is 1. The maximum Gasteiger partial charge on any atom is 0.249 e. The van der Waals surface area contributed by atoms with Crippen LogP contribution in [-0.4, -0.2) is 110 Å². The van der Waals surface area contributed by atoms with Gasteiger partial charge in [0.2, 0.25) is 5.91 Å². The first-order valence-electron chi connectivity index (χ1n) is 29.7. The molecule has 11 heteroatoms. The molecule has 0 aliphatic carbocycles. The minimum absolute atomic E-state index is 0.248. The highest BCUT2D eigenvalue weighted by molar-refractivity contribution is 5.80. The van der Waals surface area contributed by atoms with Crippen LogP contribution in [0.4, 0.5) is 0 Å². The Bertz CT molecular complexity index is 1190. The maximum absolute atomic E-state index is 13.1. The molecule has 9 atom stereocenters. The molecule has 414 valence electrons. The molecule has 0 aromatic carbocycles. The fraction of sp³-hybridized carbons (Fsp3) is 0.915. The predicted molar refractivity (Wildman–Crippen MR) is 289 cm³/mol. The minimum Gasteiger partial charge on any atom is -0.394 e. The van der Waals surface area contributed by atoms with Crippen molar-refractivity contribution in [1.29, 1.82) is 0 Å². The van der Waals surface area contributed by atoms with E-state index in [1.165, 1.54) is 180 Å². The molecule has 70 heavy (non-hydrogen) atoms. The standard InChI is InChI=1S/C59H113NO10/c1-3-5-7-9-11-13-15-17-19-20-21-22-23-24-25-26-27-28-29-30-31-32-33-35-36-38-40-42-44-46-51(62)54(64)50(49-69-59-57(67)56(66)55(65)53(48-61)70-59)60-58(68)52(63)47-45-43-41-39-37-34-18-16-14-12-10-8-6-4-2/h14,16,38,40,50-57,59,61-67H,3-13,15,17-37,39,41-49H2,1-2H3,(H,60,68)/b16-14-,40-38+. The van der Waals surface area contributed by atoms with E-state index in [4.69, 9.17) is 9.47 Å². The fourth-order valence-corrected chi connectivity index (χ4v) is 9.61. The van der Waals surface area contributed by atoms with Gasteiger partial charge in [-0.3, -0.25) is 4.79 Å². The number of aliphatic hydroxyl groups excluding tert-OH is 7. The average Bonchev–Trinajstić information content (AvgIpc) is 3.36. The van der Waals surface area contributed by atoms with E-state index in [0.29, 0.717) is 12.8 Å². The number of nitrogens with one attached hydrogen (secondary N) is 1. The molecule has 1 fully saturated rings. The highest BCUT2D eigenvalue weighted by Gasteiger charge is 2.44. The molecule has 0 bridgehead atoms. The summed E-state index contributed by atoms with van der Waals surface area (Å²) >= 11 is 0. The van der Waals surface area contributed by atoms with Gasteiger partial charge >= 0.3 is 0 Å². The van der Waals surface area contributed by atoms with Crippen molar-refractivity contribution in [2.45, 2.75) is 332 Å². The maximum atomic E-state index is 13.1. The van der Waals surface area contributed by atoms with E-state index < -0.39 is 74.2 Å². The Morgan fingerprint density at radius 2 is 0.843 bits per heavy atom. The van der Waals surface area contributed by atoms with Gasteiger partial charge in [-0.25, -0.2) is 0 Å². The molecule has 0 aromatic rings. The number of rotatable bonds is 51. The number of aliphatic hydroxyl groups is 7. The van der Waals surface area contributed by atoms with Crippen LogP contribution in [0.3, 0.4) is 0 Å². The Morgan fingerprint density at radius 3 is 1.24 bits per heavy atom. The van der Waals surface area contributed by atoms with Gasteiger partial charge in [0, 0.05) is 0 Å². The van der Waals surface area contributed by atoms with Gasteiger partial charge in [0.25, 0.3) is 0 Å². The number of unbranched alkanes of at least 4 members (excludes halogenated alkanes) is 35. The molecular weight excluding hydrogens is 883 g/mol. The van der Waals surface area contributed by atoms with Crippen molar-refractivity contribution in [3.05, 3.63) is 24.3 Å². The lowest BCUT2D eigenvalue weighted by molar-refractivity contribution is -0.303. The zero-order chi connectivity index (χ0) is 51.1. The molecule has 1 amide bonds. The summed E-state index contributed by atoms with van der Waals surface area (Å²) in [6.45, 7) is 3.44. The quantitative estimate of drug-likeness (QED) is 0.0215. The molecule has 0 spiro atoms. The number of ether oxygens (including phenoxy) is 2. The highest BCUT2D eigenvalue weighted by Crippen LogP contribution is 2.23. The lowest BCUT2D eigenvalue weighted by Crippen LogP contribution is -2.60. The van der Waals surface area contributed by atoms with Gasteiger partial charge in [-0.1, -0.05) is 237 Å². The largest absolute Gasteiger partial charge is 0.394 e. The van der Waals surface area contributed by atoms with Crippen LogP contribution < -0.4 is 5.32 Å². The van der Waals surface area contributed by atoms with E-state index in [-0.39, 0.29) is 12.8 Å². The SMILES string of the molecule is CCCCCC/C=C\CCCCCCCCC(O)C(=O)NC(COC1OC(CO)C(O)C(O)C1O)C(O)C(O)CCC/C=C/CCCCCCCCCCCCCCCCCCCCCCCCCC. The van der Waals surface area contributed by atoms with E-state index in [2.05, 4.69) is 43.5 Å². The second-order valence-electron chi connectivity index (χ2n) is 21.1. The van der Waals surface area contributed by atoms with E-state index >= 15 is 0 Å². The van der Waals surface area contributed by atoms with Gasteiger partial charge in [0.15, 0.2) is 6.29 Å². The number of hydrogen-bond acceptors (Lipinski definition) is 10. The van der Waals surface area contributed by atoms with Gasteiger partial charge in [-0.15, -0.1) is 0 Å². The van der Waals surface area contributed by atoms with Gasteiger partial charge in [0.1, 0.15) is 36.6 Å². The Morgan fingerprint density at radius 1 is 0.486 bits per heavy atom. The summed E-state index contributed by atoms with van der Waals surface area (Å²) in [5.74, 6) is -0.709. The van der Waals surface area contributed by atoms with E-state index in [1.54, 1.807) is 0 Å². The zero-order valence-corrected chi connectivity index (χ0v) is 45.3. The van der Waals surface area contributed by atoms with Crippen molar-refractivity contribution >= 4 is 5.91 Å². The first-order chi connectivity index (χ1) is 34.2. The molecule has 1 aliphatic rings. The molecule has 11 nitrogen and oxygen atoms in total. The molecule has 0 aromatic heterocycles. The summed E-state index contributed by atoms with van der Waals surface area (Å²) in [7, 11) is 0. The highest BCUT2D eigenvalue weighted by atomic mass is 16.7. The van der Waals surface area contributed by atoms with Crippen LogP contribution in [0.1, 0.15) is 277 Å². The molecule has 1 rings (SSSR count). The second-order valence-corrected chi connectivity index (χ2v) is 21.1. The number of allylic oxidation sites excluding steroid dienone is 4. The molecule has 8 N–H and O–H groups in total. The third-order valence-corrected chi connectivity index (χ3v) is 14.5. The third kappa shape index (κ3) is 36.5. The van der Waals surface area contributed by atoms with E-state index in [1.807, 2.05) is 0 Å². The first-order valence-corrected chi connectivity index (χ1v) is 29.7. The van der Waals surface area contributed by atoms with Crippen molar-refractivity contribution in [1.82, 2.24) is 5.32 Å². The zero-order valence-electron chi connectivity index (χ0n) is 45.3. The van der Waals surface area contributed by atoms with Crippen molar-refractivity contribution in [2.75, 3.05) is 13.2 Å². The third-order valence-electron chi connectivity index (χ3n) is 14.5. The van der Waals surface area contributed by atoms with Crippen LogP contribution in [0.15, 0.2) is 24.3 Å². The average molecular weight is 997 g/mol. The summed E-state index contributed by atoms with van der Waals surface area (Å²) in [5, 5.41) is 76.0. The lowest BCUT2D eigenvalue weighted by Gasteiger charge is -2.40. The summed E-state index contributed by atoms with van der Waals surface area (Å²) in [6, 6.07) is -1.19. The van der Waals surface area contributed by atoms with E-state index in [0.717, 1.165) is 57.8 Å². The van der Waals surface area contributed by atoms with Gasteiger partial charge in [-0.05, 0) is 64.2 Å². The Hall–Kier alpha value is -1.41. The molecule has 0 saturated carbocycles. The second kappa shape index (κ2) is 48.5. The Balaban J connectivity index is 2.26. The fourth-order valence-electron chi connectivity index (χ4n) is 9.61. The van der Waals surface area contributed by atoms with Gasteiger partial charge in [-0.2, -0.15) is 0 Å². The Labute approximate surface area is 429 Å². The van der Waals surface area contributed by atoms with Gasteiger partial charge < -0.3 is 50.5 Å². The molecule has 1 saturated heterocycles. The molecule has 1 heterocycles. The smallest absolute Gasteiger partial charge is 0.249 e. The normalized spacial score (nSPS) is 20.4. The molecular formula is C59H113NO10. The van der Waals surface area contributed by atoms with Crippen molar-refractivity contribution < 1.29 is 50.0 Å². The molecule has 0 radical (unpaired) electrons.